The molecule has 0 amide bonds. The monoisotopic (exact) mass is 337 g/mol. The number of nitro groups is 1. The number of esters is 1. The summed E-state index contributed by atoms with van der Waals surface area (Å²) in [5.41, 5.74) is 0.753. The Labute approximate surface area is 137 Å². The van der Waals surface area contributed by atoms with Crippen LogP contribution < -0.4 is 10.6 Å². The number of thiocarbonyl (C=S) groups is 1. The molecule has 0 saturated heterocycles. The van der Waals surface area contributed by atoms with Crippen molar-refractivity contribution >= 4 is 29.0 Å². The second-order valence-electron chi connectivity index (χ2n) is 4.80. The van der Waals surface area contributed by atoms with Gasteiger partial charge in [0, 0.05) is 11.8 Å². The molecule has 0 fully saturated rings. The molecule has 1 aliphatic rings. The molecule has 3 N–H and O–H groups in total. The third-order valence-corrected chi connectivity index (χ3v) is 3.51. The number of nitrogens with zero attached hydrogens (tertiary/aromatic N) is 1. The van der Waals surface area contributed by atoms with Crippen LogP contribution >= 0.6 is 12.2 Å². The number of carbonyl (C=O) groups is 1. The van der Waals surface area contributed by atoms with E-state index in [0.717, 1.165) is 0 Å². The van der Waals surface area contributed by atoms with Crippen LogP contribution in [0.2, 0.25) is 0 Å². The lowest BCUT2D eigenvalue weighted by Gasteiger charge is -2.29. The highest BCUT2D eigenvalue weighted by Crippen LogP contribution is 2.33. The van der Waals surface area contributed by atoms with E-state index in [1.807, 2.05) is 0 Å². The molecule has 0 radical (unpaired) electrons. The van der Waals surface area contributed by atoms with E-state index in [1.165, 1.54) is 18.2 Å². The second-order valence-corrected chi connectivity index (χ2v) is 5.20. The van der Waals surface area contributed by atoms with Crippen molar-refractivity contribution in [1.82, 2.24) is 10.6 Å². The summed E-state index contributed by atoms with van der Waals surface area (Å²) >= 11 is 5.08. The van der Waals surface area contributed by atoms with Crippen LogP contribution in [0, 0.1) is 10.1 Å². The highest BCUT2D eigenvalue weighted by molar-refractivity contribution is 7.80. The van der Waals surface area contributed by atoms with E-state index in [-0.39, 0.29) is 17.3 Å². The van der Waals surface area contributed by atoms with Gasteiger partial charge in [0.25, 0.3) is 0 Å². The van der Waals surface area contributed by atoms with Crippen LogP contribution in [0.1, 0.15) is 25.5 Å². The molecule has 0 unspecified atom stereocenters. The Balaban J connectivity index is 2.52. The van der Waals surface area contributed by atoms with Crippen molar-refractivity contribution in [2.24, 2.45) is 0 Å². The van der Waals surface area contributed by atoms with Crippen LogP contribution in [0.25, 0.3) is 0 Å². The minimum atomic E-state index is -0.706. The number of allylic oxidation sites excluding steroid dienone is 1. The number of hydrogen-bond donors (Lipinski definition) is 3. The molecule has 0 saturated carbocycles. The quantitative estimate of drug-likeness (QED) is 0.329. The third-order valence-electron chi connectivity index (χ3n) is 3.29. The van der Waals surface area contributed by atoms with E-state index in [1.54, 1.807) is 13.8 Å². The predicted octanol–water partition coefficient (Wildman–Crippen LogP) is 1.66. The van der Waals surface area contributed by atoms with Crippen molar-refractivity contribution in [3.63, 3.8) is 0 Å². The fraction of sp³-hybridized carbons (Fsp3) is 0.286. The summed E-state index contributed by atoms with van der Waals surface area (Å²) in [6.07, 6.45) is 0. The van der Waals surface area contributed by atoms with E-state index in [2.05, 4.69) is 10.6 Å². The van der Waals surface area contributed by atoms with Crippen LogP contribution in [0.4, 0.5) is 5.69 Å². The topological polar surface area (TPSA) is 114 Å². The van der Waals surface area contributed by atoms with E-state index < -0.39 is 28.4 Å². The van der Waals surface area contributed by atoms with Crippen molar-refractivity contribution in [2.45, 2.75) is 19.9 Å². The first kappa shape index (κ1) is 16.7. The van der Waals surface area contributed by atoms with Gasteiger partial charge in [0.05, 0.1) is 23.1 Å². The number of nitro benzene ring substituents is 1. The van der Waals surface area contributed by atoms with Gasteiger partial charge in [-0.05, 0) is 37.7 Å². The van der Waals surface area contributed by atoms with Gasteiger partial charge in [0.1, 0.15) is 0 Å². The van der Waals surface area contributed by atoms with E-state index in [0.29, 0.717) is 11.3 Å². The summed E-state index contributed by atoms with van der Waals surface area (Å²) in [6.45, 7) is 3.55. The lowest BCUT2D eigenvalue weighted by Crippen LogP contribution is -2.45. The summed E-state index contributed by atoms with van der Waals surface area (Å²) in [7, 11) is 0. The number of rotatable bonds is 4. The summed E-state index contributed by atoms with van der Waals surface area (Å²) in [5, 5.41) is 26.6. The molecule has 0 aromatic heterocycles. The van der Waals surface area contributed by atoms with E-state index in [9.17, 15) is 20.0 Å². The zero-order valence-corrected chi connectivity index (χ0v) is 13.3. The minimum absolute atomic E-state index is 0.197. The van der Waals surface area contributed by atoms with E-state index >= 15 is 0 Å². The summed E-state index contributed by atoms with van der Waals surface area (Å²) in [4.78, 5) is 22.5. The standard InChI is InChI=1S/C14H15N3O5S/c1-3-22-13(19)11-7(2)15-14(23)16-12(11)8-4-5-10(18)9(6-8)17(20)21/h4-6,12,18H,3H2,1-2H3,(H2,15,16,23)/t12-/m1/s1. The Hall–Kier alpha value is -2.68. The largest absolute Gasteiger partial charge is 0.502 e. The molecule has 0 aliphatic carbocycles. The molecule has 9 heteroatoms. The number of ether oxygens (including phenoxy) is 1. The second kappa shape index (κ2) is 6.61. The highest BCUT2D eigenvalue weighted by atomic mass is 32.1. The average Bonchev–Trinajstić information content (AvgIpc) is 2.46. The van der Waals surface area contributed by atoms with Gasteiger partial charge in [0.2, 0.25) is 0 Å². The Morgan fingerprint density at radius 2 is 2.22 bits per heavy atom. The number of benzene rings is 1. The summed E-state index contributed by atoms with van der Waals surface area (Å²) < 4.78 is 5.04. The molecule has 1 aliphatic heterocycles. The smallest absolute Gasteiger partial charge is 0.338 e. The first-order valence-corrected chi connectivity index (χ1v) is 7.18. The molecule has 2 rings (SSSR count). The van der Waals surface area contributed by atoms with Crippen LogP contribution in [0.3, 0.4) is 0 Å². The third kappa shape index (κ3) is 3.39. The van der Waals surface area contributed by atoms with Crippen LogP contribution in [-0.2, 0) is 9.53 Å². The van der Waals surface area contributed by atoms with E-state index in [4.69, 9.17) is 17.0 Å². The maximum absolute atomic E-state index is 12.2. The fourth-order valence-electron chi connectivity index (χ4n) is 2.29. The fourth-order valence-corrected chi connectivity index (χ4v) is 2.56. The van der Waals surface area contributed by atoms with Gasteiger partial charge in [-0.2, -0.15) is 0 Å². The molecule has 8 nitrogen and oxygen atoms in total. The average molecular weight is 337 g/mol. The molecule has 1 aromatic carbocycles. The molecule has 1 atom stereocenters. The number of phenolic OH excluding ortho intramolecular Hbond substituents is 1. The van der Waals surface area contributed by atoms with Crippen molar-refractivity contribution in [2.75, 3.05) is 6.61 Å². The summed E-state index contributed by atoms with van der Waals surface area (Å²) in [6, 6.07) is 3.19. The first-order chi connectivity index (χ1) is 10.8. The number of hydrogen-bond acceptors (Lipinski definition) is 6. The number of nitrogens with one attached hydrogen (secondary N) is 2. The minimum Gasteiger partial charge on any atom is -0.502 e. The number of carbonyl (C=O) groups excluding carboxylic acids is 1. The normalized spacial score (nSPS) is 17.3. The first-order valence-electron chi connectivity index (χ1n) is 6.77. The Bertz CT molecular complexity index is 716. The van der Waals surface area contributed by atoms with Gasteiger partial charge < -0.3 is 20.5 Å². The maximum Gasteiger partial charge on any atom is 0.338 e. The van der Waals surface area contributed by atoms with Crippen molar-refractivity contribution < 1.29 is 19.6 Å². The summed E-state index contributed by atoms with van der Waals surface area (Å²) in [5.74, 6) is -0.998. The number of phenols is 1. The molecular formula is C14H15N3O5S. The Kier molecular flexibility index (Phi) is 4.80. The predicted molar refractivity (Wildman–Crippen MR) is 85.7 cm³/mol. The van der Waals surface area contributed by atoms with Gasteiger partial charge in [0.15, 0.2) is 10.9 Å². The molecule has 1 aromatic rings. The van der Waals surface area contributed by atoms with Gasteiger partial charge in [-0.1, -0.05) is 6.07 Å². The Morgan fingerprint density at radius 1 is 1.52 bits per heavy atom. The zero-order chi connectivity index (χ0) is 17.1. The molecule has 122 valence electrons. The van der Waals surface area contributed by atoms with Crippen LogP contribution in [0.15, 0.2) is 29.5 Å². The van der Waals surface area contributed by atoms with Gasteiger partial charge in [-0.25, -0.2) is 4.79 Å². The van der Waals surface area contributed by atoms with Gasteiger partial charge in [-0.15, -0.1) is 0 Å². The molecular weight excluding hydrogens is 322 g/mol. The van der Waals surface area contributed by atoms with Crippen LogP contribution in [-0.4, -0.2) is 27.7 Å². The Morgan fingerprint density at radius 3 is 2.83 bits per heavy atom. The highest BCUT2D eigenvalue weighted by Gasteiger charge is 2.32. The van der Waals surface area contributed by atoms with Crippen molar-refractivity contribution in [3.8, 4) is 5.75 Å². The van der Waals surface area contributed by atoms with Crippen LogP contribution in [0.5, 0.6) is 5.75 Å². The molecule has 0 spiro atoms. The lowest BCUT2D eigenvalue weighted by atomic mass is 9.95. The van der Waals surface area contributed by atoms with Crippen molar-refractivity contribution in [1.29, 1.82) is 0 Å². The van der Waals surface area contributed by atoms with Gasteiger partial charge >= 0.3 is 11.7 Å². The molecule has 0 bridgehead atoms. The maximum atomic E-state index is 12.2. The molecule has 1 heterocycles. The van der Waals surface area contributed by atoms with Gasteiger partial charge in [-0.3, -0.25) is 10.1 Å². The van der Waals surface area contributed by atoms with Crippen molar-refractivity contribution in [3.05, 3.63) is 45.1 Å². The zero-order valence-electron chi connectivity index (χ0n) is 12.5. The molecule has 23 heavy (non-hydrogen) atoms. The lowest BCUT2D eigenvalue weighted by molar-refractivity contribution is -0.385. The number of aromatic hydroxyl groups is 1. The SMILES string of the molecule is CCOC(=O)C1=C(C)NC(=S)N[C@@H]1c1ccc(O)c([N+](=O)[O-])c1.